The number of oxazole rings is 1. The topological polar surface area (TPSA) is 73.5 Å². The molecule has 3 aromatic rings. The smallest absolute Gasteiger partial charge is 0.408 e. The number of carbonyl (C=O) groups excluding carboxylic acids is 1. The van der Waals surface area contributed by atoms with E-state index in [2.05, 4.69) is 17.4 Å². The van der Waals surface area contributed by atoms with Crippen molar-refractivity contribution in [2.45, 2.75) is 24.8 Å². The van der Waals surface area contributed by atoms with E-state index in [9.17, 15) is 9.59 Å². The van der Waals surface area contributed by atoms with E-state index >= 15 is 0 Å². The number of hydrogen-bond acceptors (Lipinski definition) is 4. The van der Waals surface area contributed by atoms with Crippen molar-refractivity contribution in [1.82, 2.24) is 9.88 Å². The van der Waals surface area contributed by atoms with E-state index in [1.165, 1.54) is 10.1 Å². The van der Waals surface area contributed by atoms with Crippen LogP contribution in [0.15, 0.2) is 63.8 Å². The highest BCUT2D eigenvalue weighted by molar-refractivity contribution is 5.79. The van der Waals surface area contributed by atoms with Crippen molar-refractivity contribution >= 4 is 17.0 Å². The lowest BCUT2D eigenvalue weighted by Crippen LogP contribution is -2.45. The van der Waals surface area contributed by atoms with Crippen LogP contribution in [0.3, 0.4) is 0 Å². The monoisotopic (exact) mass is 366 g/mol. The van der Waals surface area contributed by atoms with Gasteiger partial charge in [0.25, 0.3) is 0 Å². The molecule has 6 heteroatoms. The van der Waals surface area contributed by atoms with Gasteiger partial charge in [0.05, 0.1) is 5.52 Å². The molecule has 2 aromatic carbocycles. The Balaban J connectivity index is 1.50. The van der Waals surface area contributed by atoms with Gasteiger partial charge in [-0.2, -0.15) is 0 Å². The number of hydrogen-bond donors (Lipinski definition) is 1. The SMILES string of the molecule is O=C(Cn1c(=O)oc2ccccc21)NCC1(c2ccccc2)CCOCC1. The van der Waals surface area contributed by atoms with Crippen LogP contribution in [0, 0.1) is 0 Å². The van der Waals surface area contributed by atoms with Crippen LogP contribution in [-0.2, 0) is 21.5 Å². The predicted molar refractivity (Wildman–Crippen MR) is 102 cm³/mol. The molecule has 0 radical (unpaired) electrons. The van der Waals surface area contributed by atoms with Gasteiger partial charge in [-0.25, -0.2) is 4.79 Å². The molecular weight excluding hydrogens is 344 g/mol. The maximum atomic E-state index is 12.6. The van der Waals surface area contributed by atoms with Gasteiger partial charge in [0.1, 0.15) is 6.54 Å². The zero-order valence-corrected chi connectivity index (χ0v) is 15.0. The second-order valence-electron chi connectivity index (χ2n) is 6.96. The van der Waals surface area contributed by atoms with Gasteiger partial charge in [0, 0.05) is 25.2 Å². The molecular formula is C21H22N2O4. The highest BCUT2D eigenvalue weighted by Gasteiger charge is 2.34. The molecule has 0 unspecified atom stereocenters. The third-order valence-electron chi connectivity index (χ3n) is 5.34. The van der Waals surface area contributed by atoms with Crippen molar-refractivity contribution in [1.29, 1.82) is 0 Å². The van der Waals surface area contributed by atoms with Crippen molar-refractivity contribution in [2.75, 3.05) is 19.8 Å². The zero-order chi connectivity index (χ0) is 18.7. The molecule has 0 spiro atoms. The first-order chi connectivity index (χ1) is 13.2. The number of carbonyl (C=O) groups is 1. The number of nitrogens with zero attached hydrogens (tertiary/aromatic N) is 1. The minimum Gasteiger partial charge on any atom is -0.408 e. The van der Waals surface area contributed by atoms with Crippen LogP contribution in [-0.4, -0.2) is 30.2 Å². The van der Waals surface area contributed by atoms with E-state index in [1.54, 1.807) is 18.2 Å². The number of rotatable bonds is 5. The summed E-state index contributed by atoms with van der Waals surface area (Å²) in [6.07, 6.45) is 1.71. The summed E-state index contributed by atoms with van der Waals surface area (Å²) in [5, 5.41) is 3.03. The van der Waals surface area contributed by atoms with Crippen molar-refractivity contribution in [3.8, 4) is 0 Å². The fraction of sp³-hybridized carbons (Fsp3) is 0.333. The van der Waals surface area contributed by atoms with Crippen molar-refractivity contribution in [2.24, 2.45) is 0 Å². The van der Waals surface area contributed by atoms with E-state index < -0.39 is 5.76 Å². The number of nitrogens with one attached hydrogen (secondary N) is 1. The van der Waals surface area contributed by atoms with Crippen molar-refractivity contribution in [3.63, 3.8) is 0 Å². The van der Waals surface area contributed by atoms with E-state index in [-0.39, 0.29) is 17.9 Å². The fourth-order valence-electron chi connectivity index (χ4n) is 3.75. The zero-order valence-electron chi connectivity index (χ0n) is 15.0. The first kappa shape index (κ1) is 17.5. The number of para-hydroxylation sites is 2. The summed E-state index contributed by atoms with van der Waals surface area (Å²) in [5.41, 5.74) is 2.18. The number of aromatic nitrogens is 1. The molecule has 1 aliphatic rings. The third kappa shape index (κ3) is 3.53. The van der Waals surface area contributed by atoms with Crippen LogP contribution in [0.2, 0.25) is 0 Å². The van der Waals surface area contributed by atoms with Gasteiger partial charge in [-0.1, -0.05) is 42.5 Å². The van der Waals surface area contributed by atoms with Gasteiger partial charge in [-0.15, -0.1) is 0 Å². The molecule has 1 aliphatic heterocycles. The van der Waals surface area contributed by atoms with Gasteiger partial charge >= 0.3 is 5.76 Å². The molecule has 0 aliphatic carbocycles. The predicted octanol–water partition coefficient (Wildman–Crippen LogP) is 2.46. The molecule has 1 N–H and O–H groups in total. The van der Waals surface area contributed by atoms with Crippen molar-refractivity contribution < 1.29 is 13.9 Å². The van der Waals surface area contributed by atoms with Crippen LogP contribution in [0.4, 0.5) is 0 Å². The average Bonchev–Trinajstić information content (AvgIpc) is 3.03. The Kier molecular flexibility index (Phi) is 4.81. The second kappa shape index (κ2) is 7.40. The van der Waals surface area contributed by atoms with Crippen LogP contribution in [0.25, 0.3) is 11.1 Å². The Labute approximate surface area is 156 Å². The summed E-state index contributed by atoms with van der Waals surface area (Å²) in [6.45, 7) is 1.81. The largest absolute Gasteiger partial charge is 0.420 e. The minimum absolute atomic E-state index is 0.0583. The Bertz CT molecular complexity index is 984. The molecule has 140 valence electrons. The molecule has 1 fully saturated rings. The first-order valence-corrected chi connectivity index (χ1v) is 9.16. The first-order valence-electron chi connectivity index (χ1n) is 9.16. The Morgan fingerprint density at radius 3 is 2.52 bits per heavy atom. The summed E-state index contributed by atoms with van der Waals surface area (Å²) in [6, 6.07) is 17.3. The van der Waals surface area contributed by atoms with Gasteiger partial charge in [0.2, 0.25) is 5.91 Å². The molecule has 6 nitrogen and oxygen atoms in total. The lowest BCUT2D eigenvalue weighted by Gasteiger charge is -2.38. The van der Waals surface area contributed by atoms with Crippen LogP contribution in [0.5, 0.6) is 0 Å². The molecule has 4 rings (SSSR count). The van der Waals surface area contributed by atoms with Gasteiger partial charge in [0.15, 0.2) is 5.58 Å². The Hall–Kier alpha value is -2.86. The normalized spacial score (nSPS) is 16.3. The fourth-order valence-corrected chi connectivity index (χ4v) is 3.75. The third-order valence-corrected chi connectivity index (χ3v) is 5.34. The summed E-state index contributed by atoms with van der Waals surface area (Å²) < 4.78 is 12.1. The maximum absolute atomic E-state index is 12.6. The highest BCUT2D eigenvalue weighted by atomic mass is 16.5. The van der Waals surface area contributed by atoms with Crippen LogP contribution < -0.4 is 11.1 Å². The summed E-state index contributed by atoms with van der Waals surface area (Å²) in [4.78, 5) is 24.6. The molecule has 1 saturated heterocycles. The highest BCUT2D eigenvalue weighted by Crippen LogP contribution is 2.34. The quantitative estimate of drug-likeness (QED) is 0.753. The lowest BCUT2D eigenvalue weighted by atomic mass is 9.74. The molecule has 0 saturated carbocycles. The number of benzene rings is 2. The van der Waals surface area contributed by atoms with E-state index in [0.29, 0.717) is 30.9 Å². The molecule has 0 atom stereocenters. The number of fused-ring (bicyclic) bond motifs is 1. The lowest BCUT2D eigenvalue weighted by molar-refractivity contribution is -0.122. The van der Waals surface area contributed by atoms with Crippen LogP contribution >= 0.6 is 0 Å². The minimum atomic E-state index is -0.518. The number of amides is 1. The molecule has 0 bridgehead atoms. The van der Waals surface area contributed by atoms with E-state index in [0.717, 1.165) is 12.8 Å². The van der Waals surface area contributed by atoms with Gasteiger partial charge in [-0.3, -0.25) is 9.36 Å². The van der Waals surface area contributed by atoms with Gasteiger partial charge < -0.3 is 14.5 Å². The Morgan fingerprint density at radius 1 is 1.04 bits per heavy atom. The van der Waals surface area contributed by atoms with Crippen LogP contribution in [0.1, 0.15) is 18.4 Å². The molecule has 1 amide bonds. The van der Waals surface area contributed by atoms with Crippen molar-refractivity contribution in [3.05, 3.63) is 70.7 Å². The second-order valence-corrected chi connectivity index (χ2v) is 6.96. The summed E-state index contributed by atoms with van der Waals surface area (Å²) in [5.74, 6) is -0.722. The van der Waals surface area contributed by atoms with E-state index in [1.807, 2.05) is 24.3 Å². The number of ether oxygens (including phenoxy) is 1. The average molecular weight is 366 g/mol. The Morgan fingerprint density at radius 2 is 1.74 bits per heavy atom. The van der Waals surface area contributed by atoms with E-state index in [4.69, 9.17) is 9.15 Å². The van der Waals surface area contributed by atoms with Gasteiger partial charge in [-0.05, 0) is 30.5 Å². The standard InChI is InChI=1S/C21H22N2O4/c24-19(14-23-17-8-4-5-9-18(17)27-20(23)25)22-15-21(10-12-26-13-11-21)16-6-2-1-3-7-16/h1-9H,10-15H2,(H,22,24). The summed E-state index contributed by atoms with van der Waals surface area (Å²) in [7, 11) is 0. The molecule has 2 heterocycles. The molecule has 1 aromatic heterocycles. The molecule has 27 heavy (non-hydrogen) atoms. The summed E-state index contributed by atoms with van der Waals surface area (Å²) >= 11 is 0. The maximum Gasteiger partial charge on any atom is 0.420 e.